The molecule has 0 radical (unpaired) electrons. The van der Waals surface area contributed by atoms with Crippen molar-refractivity contribution in [3.63, 3.8) is 0 Å². The molecule has 2 heterocycles. The van der Waals surface area contributed by atoms with Crippen LogP contribution >= 0.6 is 11.6 Å². The van der Waals surface area contributed by atoms with Gasteiger partial charge in [-0.1, -0.05) is 11.6 Å². The minimum Gasteiger partial charge on any atom is -0.321 e. The van der Waals surface area contributed by atoms with Gasteiger partial charge < -0.3 is 4.57 Å². The van der Waals surface area contributed by atoms with Gasteiger partial charge in [-0.2, -0.15) is 0 Å². The molecule has 2 atom stereocenters. The van der Waals surface area contributed by atoms with Crippen molar-refractivity contribution < 1.29 is 4.79 Å². The first-order valence-corrected chi connectivity index (χ1v) is 7.47. The van der Waals surface area contributed by atoms with E-state index in [0.717, 1.165) is 44.6 Å². The Morgan fingerprint density at radius 3 is 2.89 bits per heavy atom. The zero-order valence-corrected chi connectivity index (χ0v) is 12.1. The van der Waals surface area contributed by atoms with Crippen LogP contribution in [0.3, 0.4) is 0 Å². The number of aromatic nitrogens is 2. The summed E-state index contributed by atoms with van der Waals surface area (Å²) in [5.74, 6) is 1.72. The van der Waals surface area contributed by atoms with Crippen molar-refractivity contribution in [2.75, 3.05) is 6.54 Å². The van der Waals surface area contributed by atoms with E-state index >= 15 is 0 Å². The van der Waals surface area contributed by atoms with Gasteiger partial charge in [-0.15, -0.1) is 0 Å². The molecule has 0 amide bonds. The fourth-order valence-corrected chi connectivity index (χ4v) is 3.65. The number of nitrogens with zero attached hydrogens (tertiary/aromatic N) is 3. The van der Waals surface area contributed by atoms with E-state index < -0.39 is 0 Å². The van der Waals surface area contributed by atoms with Crippen LogP contribution in [0.15, 0.2) is 6.20 Å². The van der Waals surface area contributed by atoms with Crippen LogP contribution < -0.4 is 0 Å². The highest BCUT2D eigenvalue weighted by molar-refractivity contribution is 6.29. The average Bonchev–Trinajstić information content (AvgIpc) is 3.07. The molecular weight excluding hydrogens is 262 g/mol. The Morgan fingerprint density at radius 1 is 1.42 bits per heavy atom. The summed E-state index contributed by atoms with van der Waals surface area (Å²) in [6, 6.07) is 0.422. The maximum Gasteiger partial charge on any atom is 0.137 e. The first-order valence-electron chi connectivity index (χ1n) is 7.09. The van der Waals surface area contributed by atoms with E-state index in [1.54, 1.807) is 6.20 Å². The van der Waals surface area contributed by atoms with E-state index in [0.29, 0.717) is 17.0 Å². The van der Waals surface area contributed by atoms with Crippen molar-refractivity contribution in [3.8, 4) is 0 Å². The summed E-state index contributed by atoms with van der Waals surface area (Å²) < 4.78 is 1.92. The van der Waals surface area contributed by atoms with Gasteiger partial charge in [-0.05, 0) is 32.2 Å². The van der Waals surface area contributed by atoms with Crippen molar-refractivity contribution >= 4 is 17.4 Å². The van der Waals surface area contributed by atoms with E-state index in [2.05, 4.69) is 9.88 Å². The van der Waals surface area contributed by atoms with Gasteiger partial charge >= 0.3 is 0 Å². The number of hydrogen-bond acceptors (Lipinski definition) is 3. The standard InChI is InChI=1S/C14H20ClN3O/c1-17-13(15)8-16-14(17)9-18-7-3-5-11(18)10-4-2-6-12(10)19/h8,10-11H,2-7,9H2,1H3. The number of imidazole rings is 1. The van der Waals surface area contributed by atoms with Gasteiger partial charge in [-0.3, -0.25) is 9.69 Å². The highest BCUT2D eigenvalue weighted by Crippen LogP contribution is 2.34. The summed E-state index contributed by atoms with van der Waals surface area (Å²) in [4.78, 5) is 18.7. The summed E-state index contributed by atoms with van der Waals surface area (Å²) >= 11 is 6.03. The molecular formula is C14H20ClN3O. The molecule has 1 aromatic rings. The normalized spacial score (nSPS) is 28.4. The zero-order chi connectivity index (χ0) is 13.4. The van der Waals surface area contributed by atoms with Gasteiger partial charge in [0.2, 0.25) is 0 Å². The van der Waals surface area contributed by atoms with Crippen LogP contribution in [0.25, 0.3) is 0 Å². The number of ketones is 1. The van der Waals surface area contributed by atoms with Crippen LogP contribution in [0.5, 0.6) is 0 Å². The minimum absolute atomic E-state index is 0.262. The largest absolute Gasteiger partial charge is 0.321 e. The van der Waals surface area contributed by atoms with Crippen LogP contribution in [0.1, 0.15) is 37.9 Å². The monoisotopic (exact) mass is 281 g/mol. The van der Waals surface area contributed by atoms with Crippen molar-refractivity contribution in [3.05, 3.63) is 17.2 Å². The van der Waals surface area contributed by atoms with Crippen LogP contribution in [0.4, 0.5) is 0 Å². The molecule has 5 heteroatoms. The Hall–Kier alpha value is -0.870. The number of halogens is 1. The molecule has 4 nitrogen and oxygen atoms in total. The lowest BCUT2D eigenvalue weighted by Gasteiger charge is -2.28. The number of hydrogen-bond donors (Lipinski definition) is 0. The molecule has 1 aliphatic heterocycles. The second-order valence-corrected chi connectivity index (χ2v) is 6.09. The van der Waals surface area contributed by atoms with Gasteiger partial charge in [-0.25, -0.2) is 4.98 Å². The molecule has 2 unspecified atom stereocenters. The Kier molecular flexibility index (Phi) is 3.63. The van der Waals surface area contributed by atoms with Crippen LogP contribution in [-0.4, -0.2) is 32.8 Å². The predicted molar refractivity (Wildman–Crippen MR) is 74.0 cm³/mol. The lowest BCUT2D eigenvalue weighted by molar-refractivity contribution is -0.122. The van der Waals surface area contributed by atoms with E-state index in [1.807, 2.05) is 11.6 Å². The lowest BCUT2D eigenvalue weighted by Crippen LogP contribution is -2.37. The first-order chi connectivity index (χ1) is 9.16. The maximum atomic E-state index is 12.0. The number of likely N-dealkylation sites (tertiary alicyclic amines) is 1. The second-order valence-electron chi connectivity index (χ2n) is 5.70. The Balaban J connectivity index is 1.73. The van der Waals surface area contributed by atoms with Gasteiger partial charge in [0.1, 0.15) is 16.8 Å². The molecule has 1 aliphatic carbocycles. The Morgan fingerprint density at radius 2 is 2.26 bits per heavy atom. The Labute approximate surface area is 118 Å². The molecule has 2 fully saturated rings. The van der Waals surface area contributed by atoms with Crippen molar-refractivity contribution in [2.24, 2.45) is 13.0 Å². The zero-order valence-electron chi connectivity index (χ0n) is 11.3. The quantitative estimate of drug-likeness (QED) is 0.854. The van der Waals surface area contributed by atoms with E-state index in [-0.39, 0.29) is 5.92 Å². The van der Waals surface area contributed by atoms with Gasteiger partial charge in [0.25, 0.3) is 0 Å². The van der Waals surface area contributed by atoms with Crippen LogP contribution in [-0.2, 0) is 18.4 Å². The number of Topliss-reactive ketones (excluding diaryl/α,β-unsaturated/α-hetero) is 1. The highest BCUT2D eigenvalue weighted by Gasteiger charge is 2.38. The molecule has 1 saturated carbocycles. The summed E-state index contributed by atoms with van der Waals surface area (Å²) in [5.41, 5.74) is 0. The van der Waals surface area contributed by atoms with E-state index in [1.165, 1.54) is 6.42 Å². The lowest BCUT2D eigenvalue weighted by atomic mass is 9.95. The number of carbonyl (C=O) groups is 1. The Bertz CT molecular complexity index is 485. The highest BCUT2D eigenvalue weighted by atomic mass is 35.5. The number of carbonyl (C=O) groups excluding carboxylic acids is 1. The third-order valence-electron chi connectivity index (χ3n) is 4.60. The maximum absolute atomic E-state index is 12.0. The molecule has 19 heavy (non-hydrogen) atoms. The summed E-state index contributed by atoms with van der Waals surface area (Å²) in [6.07, 6.45) is 6.95. The molecule has 2 aliphatic rings. The topological polar surface area (TPSA) is 38.1 Å². The van der Waals surface area contributed by atoms with Gasteiger partial charge in [0.15, 0.2) is 0 Å². The summed E-state index contributed by atoms with van der Waals surface area (Å²) in [7, 11) is 1.94. The third-order valence-corrected chi connectivity index (χ3v) is 4.95. The van der Waals surface area contributed by atoms with Crippen molar-refractivity contribution in [2.45, 2.75) is 44.7 Å². The molecule has 1 saturated heterocycles. The summed E-state index contributed by atoms with van der Waals surface area (Å²) in [5, 5.41) is 0.669. The van der Waals surface area contributed by atoms with Crippen LogP contribution in [0.2, 0.25) is 5.15 Å². The van der Waals surface area contributed by atoms with Crippen molar-refractivity contribution in [1.29, 1.82) is 0 Å². The molecule has 0 N–H and O–H groups in total. The second kappa shape index (κ2) is 5.25. The molecule has 0 bridgehead atoms. The summed E-state index contributed by atoms with van der Waals surface area (Å²) in [6.45, 7) is 1.87. The van der Waals surface area contributed by atoms with Gasteiger partial charge in [0, 0.05) is 25.4 Å². The molecule has 0 aromatic carbocycles. The fraction of sp³-hybridized carbons (Fsp3) is 0.714. The van der Waals surface area contributed by atoms with Gasteiger partial charge in [0.05, 0.1) is 12.7 Å². The predicted octanol–water partition coefficient (Wildman–Crippen LogP) is 2.41. The smallest absolute Gasteiger partial charge is 0.137 e. The first kappa shape index (κ1) is 13.1. The van der Waals surface area contributed by atoms with Crippen molar-refractivity contribution in [1.82, 2.24) is 14.5 Å². The van der Waals surface area contributed by atoms with Crippen LogP contribution in [0, 0.1) is 5.92 Å². The fourth-order valence-electron chi connectivity index (χ4n) is 3.51. The SMILES string of the molecule is Cn1c(Cl)cnc1CN1CCCC1C1CCCC1=O. The average molecular weight is 282 g/mol. The molecule has 0 spiro atoms. The third kappa shape index (κ3) is 2.43. The minimum atomic E-state index is 0.262. The van der Waals surface area contributed by atoms with E-state index in [4.69, 9.17) is 11.6 Å². The molecule has 3 rings (SSSR count). The molecule has 1 aromatic heterocycles. The number of rotatable bonds is 3. The molecule has 104 valence electrons. The van der Waals surface area contributed by atoms with E-state index in [9.17, 15) is 4.79 Å².